The fourth-order valence-corrected chi connectivity index (χ4v) is 2.80. The van der Waals surface area contributed by atoms with E-state index >= 15 is 0 Å². The second-order valence-corrected chi connectivity index (χ2v) is 6.09. The number of methoxy groups -OCH3 is 2. The van der Waals surface area contributed by atoms with Crippen molar-refractivity contribution in [1.82, 2.24) is 24.6 Å². The standard InChI is InChI=1S/C20H17N5O4/c1-27-14-7-15(10-21-9-14)29-16-8-17(20-24-22-12-25(20)11-16)18(26)6-13-4-3-5-19(23-13)28-2/h3-5,7-12H,6H2,1-2H3. The lowest BCUT2D eigenvalue weighted by Gasteiger charge is -2.10. The fraction of sp³-hybridized carbons (Fsp3) is 0.150. The quantitative estimate of drug-likeness (QED) is 0.443. The molecule has 146 valence electrons. The molecule has 9 heteroatoms. The van der Waals surface area contributed by atoms with Crippen molar-refractivity contribution in [3.05, 3.63) is 66.5 Å². The molecule has 0 bridgehead atoms. The number of ketones is 1. The minimum absolute atomic E-state index is 0.0872. The Morgan fingerprint density at radius 1 is 1.07 bits per heavy atom. The van der Waals surface area contributed by atoms with E-state index in [4.69, 9.17) is 14.2 Å². The van der Waals surface area contributed by atoms with Crippen molar-refractivity contribution in [3.8, 4) is 23.1 Å². The number of Topliss-reactive ketones (excluding diaryl/α,β-unsaturated/α-hetero) is 1. The summed E-state index contributed by atoms with van der Waals surface area (Å²) < 4.78 is 17.8. The Hall–Kier alpha value is -4.01. The number of rotatable bonds is 7. The van der Waals surface area contributed by atoms with Crippen molar-refractivity contribution in [2.24, 2.45) is 0 Å². The Labute approximate surface area is 165 Å². The summed E-state index contributed by atoms with van der Waals surface area (Å²) in [6.07, 6.45) is 6.42. The van der Waals surface area contributed by atoms with Crippen LogP contribution in [0, 0.1) is 0 Å². The van der Waals surface area contributed by atoms with Gasteiger partial charge in [-0.05, 0) is 12.1 Å². The Morgan fingerprint density at radius 2 is 1.93 bits per heavy atom. The Kier molecular flexibility index (Phi) is 5.02. The van der Waals surface area contributed by atoms with E-state index in [1.807, 2.05) is 0 Å². The maximum atomic E-state index is 13.0. The first kappa shape index (κ1) is 18.4. The molecule has 0 N–H and O–H groups in total. The molecule has 0 aliphatic heterocycles. The van der Waals surface area contributed by atoms with Gasteiger partial charge in [0.05, 0.1) is 50.5 Å². The average molecular weight is 391 g/mol. The Balaban J connectivity index is 1.66. The molecule has 4 heterocycles. The van der Waals surface area contributed by atoms with Crippen molar-refractivity contribution < 1.29 is 19.0 Å². The van der Waals surface area contributed by atoms with Gasteiger partial charge in [-0.2, -0.15) is 0 Å². The van der Waals surface area contributed by atoms with Gasteiger partial charge in [-0.3, -0.25) is 14.2 Å². The number of nitrogens with zero attached hydrogens (tertiary/aromatic N) is 5. The molecule has 0 aromatic carbocycles. The molecule has 4 rings (SSSR count). The summed E-state index contributed by atoms with van der Waals surface area (Å²) in [5.41, 5.74) is 1.41. The number of fused-ring (bicyclic) bond motifs is 1. The van der Waals surface area contributed by atoms with Crippen LogP contribution in [0.5, 0.6) is 23.1 Å². The summed E-state index contributed by atoms with van der Waals surface area (Å²) >= 11 is 0. The van der Waals surface area contributed by atoms with Crippen molar-refractivity contribution >= 4 is 11.4 Å². The maximum absolute atomic E-state index is 13.0. The van der Waals surface area contributed by atoms with E-state index in [1.54, 1.807) is 60.4 Å². The van der Waals surface area contributed by atoms with Gasteiger partial charge in [-0.1, -0.05) is 6.07 Å². The summed E-state index contributed by atoms with van der Waals surface area (Å²) in [5.74, 6) is 1.76. The highest BCUT2D eigenvalue weighted by molar-refractivity contribution is 6.02. The monoisotopic (exact) mass is 391 g/mol. The lowest BCUT2D eigenvalue weighted by Crippen LogP contribution is -2.08. The zero-order valence-corrected chi connectivity index (χ0v) is 15.8. The summed E-state index contributed by atoms with van der Waals surface area (Å²) in [4.78, 5) is 21.3. The largest absolute Gasteiger partial charge is 0.495 e. The van der Waals surface area contributed by atoms with Gasteiger partial charge in [-0.15, -0.1) is 10.2 Å². The number of pyridine rings is 3. The van der Waals surface area contributed by atoms with Crippen molar-refractivity contribution in [2.75, 3.05) is 14.2 Å². The van der Waals surface area contributed by atoms with Gasteiger partial charge in [0.1, 0.15) is 23.6 Å². The van der Waals surface area contributed by atoms with E-state index in [9.17, 15) is 4.79 Å². The molecule has 0 saturated heterocycles. The number of hydrogen-bond acceptors (Lipinski definition) is 8. The molecule has 0 fully saturated rings. The van der Waals surface area contributed by atoms with E-state index in [0.29, 0.717) is 40.0 Å². The molecule has 4 aromatic rings. The second-order valence-electron chi connectivity index (χ2n) is 6.09. The average Bonchev–Trinajstić information content (AvgIpc) is 3.22. The highest BCUT2D eigenvalue weighted by Crippen LogP contribution is 2.26. The van der Waals surface area contributed by atoms with Crippen LogP contribution in [-0.2, 0) is 6.42 Å². The first-order valence-electron chi connectivity index (χ1n) is 8.69. The number of carbonyl (C=O) groups is 1. The normalized spacial score (nSPS) is 10.7. The molecule has 0 unspecified atom stereocenters. The van der Waals surface area contributed by atoms with E-state index in [1.165, 1.54) is 13.4 Å². The van der Waals surface area contributed by atoms with E-state index < -0.39 is 0 Å². The third-order valence-corrected chi connectivity index (χ3v) is 4.16. The molecule has 9 nitrogen and oxygen atoms in total. The molecule has 0 saturated carbocycles. The lowest BCUT2D eigenvalue weighted by atomic mass is 10.1. The summed E-state index contributed by atoms with van der Waals surface area (Å²) in [6, 6.07) is 8.61. The highest BCUT2D eigenvalue weighted by atomic mass is 16.5. The number of ether oxygens (including phenoxy) is 3. The molecule has 0 amide bonds. The molecule has 0 atom stereocenters. The summed E-state index contributed by atoms with van der Waals surface area (Å²) in [7, 11) is 3.08. The number of aromatic nitrogens is 5. The van der Waals surface area contributed by atoms with Crippen LogP contribution in [0.25, 0.3) is 5.65 Å². The predicted octanol–water partition coefficient (Wildman–Crippen LogP) is 2.75. The zero-order valence-electron chi connectivity index (χ0n) is 15.8. The zero-order chi connectivity index (χ0) is 20.2. The van der Waals surface area contributed by atoms with Gasteiger partial charge in [0.2, 0.25) is 5.88 Å². The van der Waals surface area contributed by atoms with Gasteiger partial charge >= 0.3 is 0 Å². The molecule has 0 spiro atoms. The van der Waals surface area contributed by atoms with Crippen LogP contribution in [0.15, 0.2) is 55.2 Å². The number of carbonyl (C=O) groups excluding carboxylic acids is 1. The van der Waals surface area contributed by atoms with Gasteiger partial charge < -0.3 is 14.2 Å². The molecule has 29 heavy (non-hydrogen) atoms. The molecule has 0 aliphatic rings. The Morgan fingerprint density at radius 3 is 2.76 bits per heavy atom. The summed E-state index contributed by atoms with van der Waals surface area (Å²) in [6.45, 7) is 0. The van der Waals surface area contributed by atoms with Crippen LogP contribution in [-0.4, -0.2) is 44.6 Å². The maximum Gasteiger partial charge on any atom is 0.213 e. The molecular weight excluding hydrogens is 374 g/mol. The first-order valence-corrected chi connectivity index (χ1v) is 8.69. The predicted molar refractivity (Wildman–Crippen MR) is 103 cm³/mol. The summed E-state index contributed by atoms with van der Waals surface area (Å²) in [5, 5.41) is 7.94. The fourth-order valence-electron chi connectivity index (χ4n) is 2.80. The second kappa shape index (κ2) is 7.93. The minimum Gasteiger partial charge on any atom is -0.495 e. The van der Waals surface area contributed by atoms with Crippen LogP contribution in [0.4, 0.5) is 0 Å². The van der Waals surface area contributed by atoms with Gasteiger partial charge in [-0.25, -0.2) is 4.98 Å². The van der Waals surface area contributed by atoms with Crippen LogP contribution < -0.4 is 14.2 Å². The van der Waals surface area contributed by atoms with Crippen molar-refractivity contribution in [2.45, 2.75) is 6.42 Å². The van der Waals surface area contributed by atoms with Crippen molar-refractivity contribution in [3.63, 3.8) is 0 Å². The van der Waals surface area contributed by atoms with E-state index in [0.717, 1.165) is 0 Å². The minimum atomic E-state index is -0.169. The van der Waals surface area contributed by atoms with Crippen LogP contribution in [0.3, 0.4) is 0 Å². The van der Waals surface area contributed by atoms with E-state index in [-0.39, 0.29) is 12.2 Å². The highest BCUT2D eigenvalue weighted by Gasteiger charge is 2.17. The number of hydrogen-bond donors (Lipinski definition) is 0. The SMILES string of the molecule is COc1cncc(Oc2cc(C(=O)Cc3cccc(OC)n3)c3nncn3c2)c1. The molecule has 0 radical (unpaired) electrons. The van der Waals surface area contributed by atoms with Crippen LogP contribution >= 0.6 is 0 Å². The van der Waals surface area contributed by atoms with Crippen molar-refractivity contribution in [1.29, 1.82) is 0 Å². The Bertz CT molecular complexity index is 1170. The lowest BCUT2D eigenvalue weighted by molar-refractivity contribution is 0.0992. The topological polar surface area (TPSA) is 101 Å². The van der Waals surface area contributed by atoms with Gasteiger partial charge in [0.25, 0.3) is 0 Å². The molecule has 0 aliphatic carbocycles. The molecule has 4 aromatic heterocycles. The van der Waals surface area contributed by atoms with Crippen LogP contribution in [0.2, 0.25) is 0 Å². The van der Waals surface area contributed by atoms with Gasteiger partial charge in [0, 0.05) is 12.1 Å². The van der Waals surface area contributed by atoms with Crippen LogP contribution in [0.1, 0.15) is 16.1 Å². The smallest absolute Gasteiger partial charge is 0.213 e. The third kappa shape index (κ3) is 3.98. The first-order chi connectivity index (χ1) is 14.2. The van der Waals surface area contributed by atoms with Gasteiger partial charge in [0.15, 0.2) is 11.4 Å². The van der Waals surface area contributed by atoms with E-state index in [2.05, 4.69) is 20.2 Å². The third-order valence-electron chi connectivity index (χ3n) is 4.16. The molecular formula is C20H17N5O4.